The van der Waals surface area contributed by atoms with Gasteiger partial charge in [0.2, 0.25) is 5.95 Å². The minimum Gasteiger partial charge on any atom is -0.462 e. The lowest BCUT2D eigenvalue weighted by Gasteiger charge is -2.05. The second-order valence-corrected chi connectivity index (χ2v) is 3.52. The van der Waals surface area contributed by atoms with Gasteiger partial charge in [0.1, 0.15) is 0 Å². The first-order valence-electron chi connectivity index (χ1n) is 5.45. The van der Waals surface area contributed by atoms with Gasteiger partial charge >= 0.3 is 5.97 Å². The van der Waals surface area contributed by atoms with E-state index in [1.54, 1.807) is 25.3 Å². The summed E-state index contributed by atoms with van der Waals surface area (Å²) in [6.07, 6.45) is 4.26. The van der Waals surface area contributed by atoms with E-state index < -0.39 is 11.9 Å². The van der Waals surface area contributed by atoms with E-state index in [1.807, 2.05) is 0 Å². The van der Waals surface area contributed by atoms with Crippen LogP contribution in [0.2, 0.25) is 0 Å². The van der Waals surface area contributed by atoms with E-state index in [0.29, 0.717) is 5.56 Å². The van der Waals surface area contributed by atoms with Crippen LogP contribution >= 0.6 is 0 Å². The predicted octanol–water partition coefficient (Wildman–Crippen LogP) is 2.46. The van der Waals surface area contributed by atoms with Gasteiger partial charge in [-0.25, -0.2) is 9.78 Å². The van der Waals surface area contributed by atoms with E-state index in [2.05, 4.69) is 9.97 Å². The average Bonchev–Trinajstić information content (AvgIpc) is 2.40. The zero-order chi connectivity index (χ0) is 13.0. The Morgan fingerprint density at radius 2 is 2.28 bits per heavy atom. The van der Waals surface area contributed by atoms with E-state index in [-0.39, 0.29) is 17.7 Å². The fourth-order valence-electron chi connectivity index (χ4n) is 1.50. The maximum atomic E-state index is 13.6. The molecule has 0 saturated carbocycles. The van der Waals surface area contributed by atoms with Gasteiger partial charge in [-0.15, -0.1) is 0 Å². The van der Waals surface area contributed by atoms with Crippen molar-refractivity contribution in [2.45, 2.75) is 6.92 Å². The number of esters is 1. The average molecular weight is 246 g/mol. The van der Waals surface area contributed by atoms with Crippen LogP contribution < -0.4 is 0 Å². The number of ether oxygens (including phenoxy) is 1. The molecule has 0 N–H and O–H groups in total. The number of halogens is 1. The maximum absolute atomic E-state index is 13.6. The van der Waals surface area contributed by atoms with Gasteiger partial charge in [-0.3, -0.25) is 4.98 Å². The lowest BCUT2D eigenvalue weighted by molar-refractivity contribution is 0.0526. The van der Waals surface area contributed by atoms with E-state index in [9.17, 15) is 9.18 Å². The molecule has 2 aromatic rings. The Morgan fingerprint density at radius 3 is 2.94 bits per heavy atom. The summed E-state index contributed by atoms with van der Waals surface area (Å²) in [7, 11) is 0. The number of rotatable bonds is 3. The van der Waals surface area contributed by atoms with Crippen LogP contribution in [0.3, 0.4) is 0 Å². The van der Waals surface area contributed by atoms with Gasteiger partial charge in [0, 0.05) is 29.7 Å². The third kappa shape index (κ3) is 2.51. The van der Waals surface area contributed by atoms with Crippen molar-refractivity contribution < 1.29 is 13.9 Å². The summed E-state index contributed by atoms with van der Waals surface area (Å²) in [6, 6.07) is 4.80. The Labute approximate surface area is 103 Å². The summed E-state index contributed by atoms with van der Waals surface area (Å²) in [4.78, 5) is 19.0. The van der Waals surface area contributed by atoms with Crippen molar-refractivity contribution in [3.63, 3.8) is 0 Å². The van der Waals surface area contributed by atoms with Crippen molar-refractivity contribution in [3.8, 4) is 11.1 Å². The minimum atomic E-state index is -0.643. The Balaban J connectivity index is 2.42. The quantitative estimate of drug-likeness (QED) is 0.616. The molecule has 0 aliphatic rings. The molecule has 0 aliphatic heterocycles. The number of carbonyl (C=O) groups excluding carboxylic acids is 1. The van der Waals surface area contributed by atoms with Gasteiger partial charge in [0.05, 0.1) is 12.2 Å². The summed E-state index contributed by atoms with van der Waals surface area (Å²) in [5, 5.41) is 0. The lowest BCUT2D eigenvalue weighted by atomic mass is 10.1. The monoisotopic (exact) mass is 246 g/mol. The third-order valence-corrected chi connectivity index (χ3v) is 2.32. The van der Waals surface area contributed by atoms with Crippen LogP contribution in [-0.4, -0.2) is 22.5 Å². The first-order chi connectivity index (χ1) is 8.72. The van der Waals surface area contributed by atoms with Crippen LogP contribution in [0.4, 0.5) is 4.39 Å². The fraction of sp³-hybridized carbons (Fsp3) is 0.154. The Hall–Kier alpha value is -2.30. The molecule has 0 saturated heterocycles. The largest absolute Gasteiger partial charge is 0.462 e. The van der Waals surface area contributed by atoms with Crippen molar-refractivity contribution in [1.29, 1.82) is 0 Å². The van der Waals surface area contributed by atoms with Crippen molar-refractivity contribution in [1.82, 2.24) is 9.97 Å². The van der Waals surface area contributed by atoms with Crippen LogP contribution in [0.5, 0.6) is 0 Å². The summed E-state index contributed by atoms with van der Waals surface area (Å²) < 4.78 is 18.5. The standard InChI is InChI=1S/C13H11FN2O2/c1-2-18-13(17)10-6-11(12(14)16-8-10)9-4-3-5-15-7-9/h3-8H,2H2,1H3. The molecule has 18 heavy (non-hydrogen) atoms. The topological polar surface area (TPSA) is 52.1 Å². The van der Waals surface area contributed by atoms with Crippen LogP contribution in [0, 0.1) is 5.95 Å². The van der Waals surface area contributed by atoms with Crippen LogP contribution in [0.25, 0.3) is 11.1 Å². The summed E-state index contributed by atoms with van der Waals surface area (Å²) in [5.74, 6) is -1.16. The van der Waals surface area contributed by atoms with Crippen molar-refractivity contribution >= 4 is 5.97 Å². The number of pyridine rings is 2. The molecule has 0 aromatic carbocycles. The molecule has 0 aliphatic carbocycles. The molecule has 2 rings (SSSR count). The van der Waals surface area contributed by atoms with E-state index >= 15 is 0 Å². The Bertz CT molecular complexity index is 558. The van der Waals surface area contributed by atoms with Gasteiger partial charge in [-0.05, 0) is 19.1 Å². The Kier molecular flexibility index (Phi) is 3.62. The first kappa shape index (κ1) is 12.2. The first-order valence-corrected chi connectivity index (χ1v) is 5.45. The van der Waals surface area contributed by atoms with Gasteiger partial charge in [-0.2, -0.15) is 4.39 Å². The fourth-order valence-corrected chi connectivity index (χ4v) is 1.50. The molecule has 0 amide bonds. The molecule has 0 unspecified atom stereocenters. The molecule has 5 heteroatoms. The number of nitrogens with zero attached hydrogens (tertiary/aromatic N) is 2. The van der Waals surface area contributed by atoms with E-state index in [1.165, 1.54) is 12.3 Å². The second kappa shape index (κ2) is 5.35. The van der Waals surface area contributed by atoms with Crippen LogP contribution in [0.15, 0.2) is 36.8 Å². The molecule has 2 aromatic heterocycles. The van der Waals surface area contributed by atoms with Gasteiger partial charge in [-0.1, -0.05) is 6.07 Å². The normalized spacial score (nSPS) is 10.1. The smallest absolute Gasteiger partial charge is 0.339 e. The van der Waals surface area contributed by atoms with Crippen molar-refractivity contribution in [3.05, 3.63) is 48.3 Å². The van der Waals surface area contributed by atoms with E-state index in [0.717, 1.165) is 6.20 Å². The third-order valence-electron chi connectivity index (χ3n) is 2.32. The summed E-state index contributed by atoms with van der Waals surface area (Å²) in [5.41, 5.74) is 1.01. The molecule has 4 nitrogen and oxygen atoms in total. The number of hydrogen-bond acceptors (Lipinski definition) is 4. The molecule has 92 valence electrons. The molecular weight excluding hydrogens is 235 g/mol. The lowest BCUT2D eigenvalue weighted by Crippen LogP contribution is -2.06. The van der Waals surface area contributed by atoms with Gasteiger partial charge in [0.25, 0.3) is 0 Å². The zero-order valence-electron chi connectivity index (χ0n) is 9.76. The van der Waals surface area contributed by atoms with Crippen molar-refractivity contribution in [2.75, 3.05) is 6.61 Å². The SMILES string of the molecule is CCOC(=O)c1cnc(F)c(-c2cccnc2)c1. The molecule has 0 radical (unpaired) electrons. The predicted molar refractivity (Wildman–Crippen MR) is 63.4 cm³/mol. The highest BCUT2D eigenvalue weighted by Crippen LogP contribution is 2.21. The number of carbonyl (C=O) groups is 1. The summed E-state index contributed by atoms with van der Waals surface area (Å²) in [6.45, 7) is 1.97. The van der Waals surface area contributed by atoms with Gasteiger partial charge < -0.3 is 4.74 Å². The highest BCUT2D eigenvalue weighted by molar-refractivity contribution is 5.90. The minimum absolute atomic E-state index is 0.220. The van der Waals surface area contributed by atoms with Gasteiger partial charge in [0.15, 0.2) is 0 Å². The number of aromatic nitrogens is 2. The Morgan fingerprint density at radius 1 is 1.44 bits per heavy atom. The summed E-state index contributed by atoms with van der Waals surface area (Å²) >= 11 is 0. The highest BCUT2D eigenvalue weighted by atomic mass is 19.1. The van der Waals surface area contributed by atoms with Crippen LogP contribution in [-0.2, 0) is 4.74 Å². The molecule has 0 fully saturated rings. The second-order valence-electron chi connectivity index (χ2n) is 3.52. The van der Waals surface area contributed by atoms with Crippen molar-refractivity contribution in [2.24, 2.45) is 0 Å². The van der Waals surface area contributed by atoms with E-state index in [4.69, 9.17) is 4.74 Å². The highest BCUT2D eigenvalue weighted by Gasteiger charge is 2.13. The number of hydrogen-bond donors (Lipinski definition) is 0. The molecule has 0 spiro atoms. The molecular formula is C13H11FN2O2. The molecule has 0 atom stereocenters. The maximum Gasteiger partial charge on any atom is 0.339 e. The molecule has 0 bridgehead atoms. The zero-order valence-corrected chi connectivity index (χ0v) is 9.76. The van der Waals surface area contributed by atoms with Crippen LogP contribution in [0.1, 0.15) is 17.3 Å². The molecule has 2 heterocycles.